The maximum Gasteiger partial charge on any atom is 0.472 e. The highest BCUT2D eigenvalue weighted by atomic mass is 31.2. The van der Waals surface area contributed by atoms with E-state index in [4.69, 9.17) is 13.8 Å². The molecule has 37 heavy (non-hydrogen) atoms. The van der Waals surface area contributed by atoms with Crippen LogP contribution in [-0.2, 0) is 23.1 Å². The molecule has 0 amide bonds. The molecule has 1 rings (SSSR count). The summed E-state index contributed by atoms with van der Waals surface area (Å²) in [7, 11) is 1.68. The summed E-state index contributed by atoms with van der Waals surface area (Å²) in [5, 5.41) is 0. The van der Waals surface area contributed by atoms with Crippen molar-refractivity contribution in [3.8, 4) is 0 Å². The van der Waals surface area contributed by atoms with Gasteiger partial charge in [0.05, 0.1) is 33.7 Å². The first kappa shape index (κ1) is 34.0. The number of phosphoric acid groups is 1. The van der Waals surface area contributed by atoms with Gasteiger partial charge in [0.15, 0.2) is 0 Å². The molecule has 8 heteroatoms. The molecule has 0 saturated heterocycles. The van der Waals surface area contributed by atoms with Crippen molar-refractivity contribution >= 4 is 13.8 Å². The Bertz CT molecular complexity index is 703. The lowest BCUT2D eigenvalue weighted by atomic mass is 10.0. The summed E-state index contributed by atoms with van der Waals surface area (Å²) in [6, 6.07) is 0. The SMILES string of the molecule is C[C@@H]1C/C=C/CC/C=C\CCCCCCCCCCCC[C@@H](OP(=O)(O)OCC[N+](C)(C)C)CC(=O)O1. The molecule has 0 radical (unpaired) electrons. The summed E-state index contributed by atoms with van der Waals surface area (Å²) in [6.07, 6.45) is 24.0. The van der Waals surface area contributed by atoms with Crippen LogP contribution in [0.1, 0.15) is 110 Å². The predicted molar refractivity (Wildman–Crippen MR) is 151 cm³/mol. The number of hydrogen-bond acceptors (Lipinski definition) is 5. The first-order valence-corrected chi connectivity index (χ1v) is 16.0. The van der Waals surface area contributed by atoms with E-state index < -0.39 is 19.9 Å². The lowest BCUT2D eigenvalue weighted by Gasteiger charge is -2.25. The van der Waals surface area contributed by atoms with Gasteiger partial charge in [-0.1, -0.05) is 82.1 Å². The van der Waals surface area contributed by atoms with Crippen LogP contribution in [0.3, 0.4) is 0 Å². The van der Waals surface area contributed by atoms with E-state index in [9.17, 15) is 14.3 Å². The second-order valence-corrected chi connectivity index (χ2v) is 12.8. The maximum atomic E-state index is 12.6. The van der Waals surface area contributed by atoms with Gasteiger partial charge in [-0.15, -0.1) is 0 Å². The van der Waals surface area contributed by atoms with Crippen LogP contribution in [0.5, 0.6) is 0 Å². The number of cyclic esters (lactones) is 1. The van der Waals surface area contributed by atoms with Crippen LogP contribution < -0.4 is 0 Å². The number of ether oxygens (including phenoxy) is 1. The summed E-state index contributed by atoms with van der Waals surface area (Å²) < 4.78 is 29.4. The molecule has 0 fully saturated rings. The Labute approximate surface area is 226 Å². The molecule has 7 nitrogen and oxygen atoms in total. The van der Waals surface area contributed by atoms with Gasteiger partial charge in [0.2, 0.25) is 0 Å². The zero-order valence-electron chi connectivity index (χ0n) is 24.1. The van der Waals surface area contributed by atoms with Crippen molar-refractivity contribution < 1.29 is 32.5 Å². The molecule has 0 saturated carbocycles. The first-order chi connectivity index (χ1) is 17.6. The van der Waals surface area contributed by atoms with Crippen LogP contribution in [0.2, 0.25) is 0 Å². The number of carbonyl (C=O) groups is 1. The number of phosphoric ester groups is 1. The van der Waals surface area contributed by atoms with Gasteiger partial charge in [-0.3, -0.25) is 13.8 Å². The summed E-state index contributed by atoms with van der Waals surface area (Å²) in [4.78, 5) is 22.9. The Balaban J connectivity index is 2.65. The van der Waals surface area contributed by atoms with E-state index in [1.807, 2.05) is 28.1 Å². The molecule has 0 aromatic heterocycles. The molecule has 1 aliphatic heterocycles. The minimum Gasteiger partial charge on any atom is -0.462 e. The second kappa shape index (κ2) is 20.0. The molecule has 1 unspecified atom stereocenters. The Morgan fingerprint density at radius 1 is 0.892 bits per heavy atom. The fraction of sp³-hybridized carbons (Fsp3) is 0.828. The van der Waals surface area contributed by atoms with Crippen molar-refractivity contribution in [3.63, 3.8) is 0 Å². The Hall–Kier alpha value is -0.980. The summed E-state index contributed by atoms with van der Waals surface area (Å²) >= 11 is 0. The van der Waals surface area contributed by atoms with E-state index in [1.54, 1.807) is 0 Å². The number of rotatable bonds is 6. The van der Waals surface area contributed by atoms with Gasteiger partial charge in [-0.05, 0) is 39.0 Å². The fourth-order valence-electron chi connectivity index (χ4n) is 4.23. The zero-order chi connectivity index (χ0) is 27.4. The monoisotopic (exact) mass is 544 g/mol. The average molecular weight is 545 g/mol. The molecule has 0 aromatic carbocycles. The van der Waals surface area contributed by atoms with Gasteiger partial charge >= 0.3 is 13.8 Å². The molecule has 1 aliphatic rings. The summed E-state index contributed by atoms with van der Waals surface area (Å²) in [5.41, 5.74) is 0. The third-order valence-corrected chi connectivity index (χ3v) is 7.55. The van der Waals surface area contributed by atoms with Crippen LogP contribution in [-0.4, -0.2) is 61.8 Å². The molecular formula is C29H55NO6P+. The topological polar surface area (TPSA) is 82.1 Å². The molecule has 3 atom stereocenters. The lowest BCUT2D eigenvalue weighted by Crippen LogP contribution is -2.37. The second-order valence-electron chi connectivity index (χ2n) is 11.4. The predicted octanol–water partition coefficient (Wildman–Crippen LogP) is 7.49. The van der Waals surface area contributed by atoms with Gasteiger partial charge in [-0.2, -0.15) is 0 Å². The number of esters is 1. The average Bonchev–Trinajstić information content (AvgIpc) is 2.78. The molecule has 0 aromatic rings. The molecule has 1 heterocycles. The minimum absolute atomic E-state index is 0.0535. The smallest absolute Gasteiger partial charge is 0.462 e. The summed E-state index contributed by atoms with van der Waals surface area (Å²) in [6.45, 7) is 2.54. The molecule has 0 bridgehead atoms. The Morgan fingerprint density at radius 3 is 2.05 bits per heavy atom. The number of carbonyl (C=O) groups excluding carboxylic acids is 1. The Kier molecular flexibility index (Phi) is 18.4. The van der Waals surface area contributed by atoms with Crippen molar-refractivity contribution in [1.29, 1.82) is 0 Å². The quantitative estimate of drug-likeness (QED) is 0.161. The number of quaternary nitrogens is 1. The summed E-state index contributed by atoms with van der Waals surface area (Å²) in [5.74, 6) is -0.408. The van der Waals surface area contributed by atoms with Crippen molar-refractivity contribution in [1.82, 2.24) is 0 Å². The van der Waals surface area contributed by atoms with E-state index in [0.717, 1.165) is 32.1 Å². The van der Waals surface area contributed by atoms with E-state index in [2.05, 4.69) is 24.3 Å². The van der Waals surface area contributed by atoms with Crippen molar-refractivity contribution in [2.45, 2.75) is 122 Å². The fourth-order valence-corrected chi connectivity index (χ4v) is 5.16. The van der Waals surface area contributed by atoms with E-state index in [0.29, 0.717) is 23.9 Å². The molecule has 0 spiro atoms. The van der Waals surface area contributed by atoms with Gasteiger partial charge in [0.1, 0.15) is 19.3 Å². The zero-order valence-corrected chi connectivity index (χ0v) is 25.0. The van der Waals surface area contributed by atoms with Crippen molar-refractivity contribution in [2.75, 3.05) is 34.3 Å². The van der Waals surface area contributed by atoms with Crippen LogP contribution in [0.25, 0.3) is 0 Å². The Morgan fingerprint density at radius 2 is 1.43 bits per heavy atom. The number of likely N-dealkylation sites (N-methyl/N-ethyl adjacent to an activating group) is 1. The number of allylic oxidation sites excluding steroid dienone is 3. The number of hydrogen-bond donors (Lipinski definition) is 1. The number of nitrogens with zero attached hydrogens (tertiary/aromatic N) is 1. The van der Waals surface area contributed by atoms with E-state index >= 15 is 0 Å². The van der Waals surface area contributed by atoms with Crippen molar-refractivity contribution in [2.24, 2.45) is 0 Å². The first-order valence-electron chi connectivity index (χ1n) is 14.5. The molecule has 1 N–H and O–H groups in total. The van der Waals surface area contributed by atoms with E-state index in [1.165, 1.54) is 51.4 Å². The lowest BCUT2D eigenvalue weighted by molar-refractivity contribution is -0.870. The standard InChI is InChI=1S/C29H54NO6P/c1-27-22-20-18-16-14-12-10-8-6-5-7-9-11-13-15-17-19-21-23-28(26-29(31)35-27)36-37(32,33)34-25-24-30(2,3)4/h10,12,18,20,27-28H,5-9,11,13-17,19,21-26H2,1-4H3/p+1/b12-10-,20-18+/t27-,28-/m1/s1. The van der Waals surface area contributed by atoms with Gasteiger partial charge in [-0.25, -0.2) is 4.57 Å². The third-order valence-electron chi connectivity index (χ3n) is 6.47. The van der Waals surface area contributed by atoms with Crippen LogP contribution >= 0.6 is 7.82 Å². The van der Waals surface area contributed by atoms with Gasteiger partial charge < -0.3 is 14.1 Å². The largest absolute Gasteiger partial charge is 0.472 e. The van der Waals surface area contributed by atoms with Crippen LogP contribution in [0, 0.1) is 0 Å². The highest BCUT2D eigenvalue weighted by molar-refractivity contribution is 7.47. The molecule has 216 valence electrons. The van der Waals surface area contributed by atoms with Gasteiger partial charge in [0, 0.05) is 6.42 Å². The van der Waals surface area contributed by atoms with Crippen LogP contribution in [0.4, 0.5) is 0 Å². The van der Waals surface area contributed by atoms with E-state index in [-0.39, 0.29) is 19.1 Å². The molecular weight excluding hydrogens is 489 g/mol. The third kappa shape index (κ3) is 21.6. The normalized spacial score (nSPS) is 26.8. The van der Waals surface area contributed by atoms with Crippen LogP contribution in [0.15, 0.2) is 24.3 Å². The maximum absolute atomic E-state index is 12.6. The molecule has 0 aliphatic carbocycles. The highest BCUT2D eigenvalue weighted by Crippen LogP contribution is 2.45. The van der Waals surface area contributed by atoms with Gasteiger partial charge in [0.25, 0.3) is 0 Å². The van der Waals surface area contributed by atoms with Crippen molar-refractivity contribution in [3.05, 3.63) is 24.3 Å². The highest BCUT2D eigenvalue weighted by Gasteiger charge is 2.29. The minimum atomic E-state index is -4.26.